The number of rotatable bonds is 3. The lowest BCUT2D eigenvalue weighted by Crippen LogP contribution is -2.28. The van der Waals surface area contributed by atoms with Crippen molar-refractivity contribution in [3.05, 3.63) is 53.7 Å². The van der Waals surface area contributed by atoms with E-state index in [-0.39, 0.29) is 18.2 Å². The minimum atomic E-state index is -0.413. The van der Waals surface area contributed by atoms with Gasteiger partial charge in [0.15, 0.2) is 0 Å². The Morgan fingerprint density at radius 3 is 2.96 bits per heavy atom. The number of H-pyrrole nitrogens is 1. The first kappa shape index (κ1) is 15.7. The zero-order valence-corrected chi connectivity index (χ0v) is 14.0. The van der Waals surface area contributed by atoms with E-state index in [4.69, 9.17) is 11.6 Å². The molecule has 0 radical (unpaired) electrons. The molecule has 126 valence electrons. The zero-order valence-electron chi connectivity index (χ0n) is 13.2. The number of carbonyl (C=O) groups excluding carboxylic acids is 2. The molecule has 1 unspecified atom stereocenters. The van der Waals surface area contributed by atoms with Crippen LogP contribution in [0.4, 0.5) is 11.4 Å². The van der Waals surface area contributed by atoms with Crippen molar-refractivity contribution in [2.45, 2.75) is 6.42 Å². The first-order valence-corrected chi connectivity index (χ1v) is 8.28. The molecule has 1 fully saturated rings. The summed E-state index contributed by atoms with van der Waals surface area (Å²) in [5.41, 5.74) is 2.23. The molecule has 1 atom stereocenters. The molecule has 1 aromatic heterocycles. The third-order valence-electron chi connectivity index (χ3n) is 4.35. The van der Waals surface area contributed by atoms with Crippen molar-refractivity contribution < 1.29 is 9.59 Å². The molecule has 0 saturated carbocycles. The van der Waals surface area contributed by atoms with E-state index in [1.807, 2.05) is 24.3 Å². The summed E-state index contributed by atoms with van der Waals surface area (Å²) in [4.78, 5) is 26.4. The van der Waals surface area contributed by atoms with Gasteiger partial charge in [0.2, 0.25) is 11.8 Å². The van der Waals surface area contributed by atoms with E-state index < -0.39 is 5.92 Å². The van der Waals surface area contributed by atoms with Gasteiger partial charge in [-0.3, -0.25) is 14.7 Å². The van der Waals surface area contributed by atoms with Crippen LogP contribution in [-0.4, -0.2) is 28.6 Å². The van der Waals surface area contributed by atoms with Crippen LogP contribution >= 0.6 is 11.6 Å². The number of nitrogens with zero attached hydrogens (tertiary/aromatic N) is 2. The molecule has 0 bridgehead atoms. The topological polar surface area (TPSA) is 78.1 Å². The fraction of sp³-hybridized carbons (Fsp3) is 0.167. The first-order chi connectivity index (χ1) is 12.1. The second-order valence-electron chi connectivity index (χ2n) is 6.02. The van der Waals surface area contributed by atoms with Crippen LogP contribution in [0.2, 0.25) is 5.02 Å². The average molecular weight is 355 g/mol. The third-order valence-corrected chi connectivity index (χ3v) is 4.67. The SMILES string of the molecule is O=C(Nc1ccc2[nH]ncc2c1)C1CC(=O)N(c2ccccc2Cl)C1. The Hall–Kier alpha value is -2.86. The highest BCUT2D eigenvalue weighted by molar-refractivity contribution is 6.33. The summed E-state index contributed by atoms with van der Waals surface area (Å²) in [6.45, 7) is 0.322. The second kappa shape index (κ2) is 6.22. The molecule has 7 heteroatoms. The van der Waals surface area contributed by atoms with Gasteiger partial charge in [0.05, 0.1) is 28.3 Å². The molecule has 4 rings (SSSR count). The number of nitrogens with one attached hydrogen (secondary N) is 2. The van der Waals surface area contributed by atoms with Gasteiger partial charge in [-0.1, -0.05) is 23.7 Å². The molecule has 2 aromatic carbocycles. The van der Waals surface area contributed by atoms with Crippen LogP contribution in [0, 0.1) is 5.92 Å². The van der Waals surface area contributed by atoms with Gasteiger partial charge < -0.3 is 10.2 Å². The lowest BCUT2D eigenvalue weighted by Gasteiger charge is -2.18. The van der Waals surface area contributed by atoms with Crippen molar-refractivity contribution in [2.75, 3.05) is 16.8 Å². The number of benzene rings is 2. The number of aromatic amines is 1. The monoisotopic (exact) mass is 354 g/mol. The number of aromatic nitrogens is 2. The maximum Gasteiger partial charge on any atom is 0.229 e. The van der Waals surface area contributed by atoms with E-state index in [0.717, 1.165) is 10.9 Å². The van der Waals surface area contributed by atoms with Crippen molar-refractivity contribution in [3.63, 3.8) is 0 Å². The minimum absolute atomic E-state index is 0.0986. The largest absolute Gasteiger partial charge is 0.326 e. The molecular formula is C18H15ClN4O2. The van der Waals surface area contributed by atoms with Crippen LogP contribution in [0.15, 0.2) is 48.7 Å². The summed E-state index contributed by atoms with van der Waals surface area (Å²) in [5, 5.41) is 11.1. The van der Waals surface area contributed by atoms with Gasteiger partial charge in [0, 0.05) is 24.0 Å². The van der Waals surface area contributed by atoms with Crippen molar-refractivity contribution >= 4 is 45.7 Å². The first-order valence-electron chi connectivity index (χ1n) is 7.91. The summed E-state index contributed by atoms with van der Waals surface area (Å²) in [5.74, 6) is -0.687. The van der Waals surface area contributed by atoms with E-state index in [0.29, 0.717) is 22.9 Å². The number of halogens is 1. The summed E-state index contributed by atoms with van der Waals surface area (Å²) in [6, 6.07) is 12.7. The lowest BCUT2D eigenvalue weighted by molar-refractivity contribution is -0.122. The predicted octanol–water partition coefficient (Wildman–Crippen LogP) is 3.21. The average Bonchev–Trinajstić information content (AvgIpc) is 3.21. The molecule has 3 aromatic rings. The quantitative estimate of drug-likeness (QED) is 0.758. The van der Waals surface area contributed by atoms with E-state index >= 15 is 0 Å². The molecule has 1 aliphatic heterocycles. The van der Waals surface area contributed by atoms with Gasteiger partial charge in [0.25, 0.3) is 0 Å². The predicted molar refractivity (Wildman–Crippen MR) is 96.6 cm³/mol. The van der Waals surface area contributed by atoms with Crippen LogP contribution in [0.3, 0.4) is 0 Å². The van der Waals surface area contributed by atoms with Gasteiger partial charge in [-0.25, -0.2) is 0 Å². The fourth-order valence-electron chi connectivity index (χ4n) is 3.05. The molecular weight excluding hydrogens is 340 g/mol. The third kappa shape index (κ3) is 2.96. The van der Waals surface area contributed by atoms with Crippen LogP contribution in [0.25, 0.3) is 10.9 Å². The van der Waals surface area contributed by atoms with E-state index in [1.165, 1.54) is 0 Å². The maximum absolute atomic E-state index is 12.6. The van der Waals surface area contributed by atoms with Gasteiger partial charge >= 0.3 is 0 Å². The summed E-state index contributed by atoms with van der Waals surface area (Å²) < 4.78 is 0. The van der Waals surface area contributed by atoms with Crippen molar-refractivity contribution in [2.24, 2.45) is 5.92 Å². The van der Waals surface area contributed by atoms with Gasteiger partial charge in [-0.05, 0) is 30.3 Å². The molecule has 1 aliphatic rings. The summed E-state index contributed by atoms with van der Waals surface area (Å²) >= 11 is 6.17. The zero-order chi connectivity index (χ0) is 17.4. The van der Waals surface area contributed by atoms with Crippen molar-refractivity contribution in [1.29, 1.82) is 0 Å². The number of para-hydroxylation sites is 1. The normalized spacial score (nSPS) is 17.2. The number of hydrogen-bond donors (Lipinski definition) is 2. The van der Waals surface area contributed by atoms with Crippen molar-refractivity contribution in [1.82, 2.24) is 10.2 Å². The summed E-state index contributed by atoms with van der Waals surface area (Å²) in [7, 11) is 0. The maximum atomic E-state index is 12.6. The Morgan fingerprint density at radius 1 is 1.28 bits per heavy atom. The van der Waals surface area contributed by atoms with E-state index in [9.17, 15) is 9.59 Å². The number of hydrogen-bond acceptors (Lipinski definition) is 3. The smallest absolute Gasteiger partial charge is 0.229 e. The Balaban J connectivity index is 1.49. The Bertz CT molecular complexity index is 968. The summed E-state index contributed by atoms with van der Waals surface area (Å²) in [6.07, 6.45) is 1.87. The van der Waals surface area contributed by atoms with E-state index in [1.54, 1.807) is 29.3 Å². The van der Waals surface area contributed by atoms with Crippen LogP contribution in [-0.2, 0) is 9.59 Å². The second-order valence-corrected chi connectivity index (χ2v) is 6.43. The lowest BCUT2D eigenvalue weighted by atomic mass is 10.1. The number of anilines is 2. The van der Waals surface area contributed by atoms with Crippen molar-refractivity contribution in [3.8, 4) is 0 Å². The van der Waals surface area contributed by atoms with E-state index in [2.05, 4.69) is 15.5 Å². The highest BCUT2D eigenvalue weighted by atomic mass is 35.5. The number of carbonyl (C=O) groups is 2. The highest BCUT2D eigenvalue weighted by Gasteiger charge is 2.35. The Kier molecular flexibility index (Phi) is 3.89. The minimum Gasteiger partial charge on any atom is -0.326 e. The molecule has 0 spiro atoms. The van der Waals surface area contributed by atoms with Crippen LogP contribution in [0.5, 0.6) is 0 Å². The Labute approximate surface area is 148 Å². The fourth-order valence-corrected chi connectivity index (χ4v) is 3.29. The molecule has 6 nitrogen and oxygen atoms in total. The molecule has 2 N–H and O–H groups in total. The van der Waals surface area contributed by atoms with Gasteiger partial charge in [-0.2, -0.15) is 5.10 Å². The molecule has 2 amide bonds. The molecule has 25 heavy (non-hydrogen) atoms. The van der Waals surface area contributed by atoms with Gasteiger partial charge in [0.1, 0.15) is 0 Å². The number of amides is 2. The molecule has 1 saturated heterocycles. The molecule has 0 aliphatic carbocycles. The van der Waals surface area contributed by atoms with Gasteiger partial charge in [-0.15, -0.1) is 0 Å². The number of fused-ring (bicyclic) bond motifs is 1. The van der Waals surface area contributed by atoms with Crippen LogP contribution in [0.1, 0.15) is 6.42 Å². The standard InChI is InChI=1S/C18H15ClN4O2/c19-14-3-1-2-4-16(14)23-10-12(8-17(23)24)18(25)21-13-5-6-15-11(7-13)9-20-22-15/h1-7,9,12H,8,10H2,(H,20,22)(H,21,25). The Morgan fingerprint density at radius 2 is 2.12 bits per heavy atom. The van der Waals surface area contributed by atoms with Crippen LogP contribution < -0.4 is 10.2 Å². The molecule has 2 heterocycles. The highest BCUT2D eigenvalue weighted by Crippen LogP contribution is 2.31.